The third kappa shape index (κ3) is 4.83. The van der Waals surface area contributed by atoms with Crippen molar-refractivity contribution in [1.29, 1.82) is 0 Å². The SMILES string of the molecule is Cc1nn(-c2nc(-c3ccc(Cl)c(Cl)c3)c(SC(C)C)s2)cc1-c1cccc(CO)c1. The van der Waals surface area contributed by atoms with Gasteiger partial charge in [-0.1, -0.05) is 72.7 Å². The molecule has 0 saturated heterocycles. The normalized spacial score (nSPS) is 11.5. The maximum absolute atomic E-state index is 9.46. The van der Waals surface area contributed by atoms with E-state index in [0.29, 0.717) is 15.3 Å². The second-order valence-electron chi connectivity index (χ2n) is 7.36. The van der Waals surface area contributed by atoms with Crippen molar-refractivity contribution in [2.75, 3.05) is 0 Å². The predicted molar refractivity (Wildman–Crippen MR) is 132 cm³/mol. The first-order valence-electron chi connectivity index (χ1n) is 9.75. The van der Waals surface area contributed by atoms with Crippen LogP contribution < -0.4 is 0 Å². The summed E-state index contributed by atoms with van der Waals surface area (Å²) in [4.78, 5) is 4.91. The van der Waals surface area contributed by atoms with Gasteiger partial charge in [-0.05, 0) is 36.2 Å². The molecule has 2 aromatic heterocycles. The Hall–Kier alpha value is -1.83. The minimum Gasteiger partial charge on any atom is -0.392 e. The van der Waals surface area contributed by atoms with Crippen LogP contribution in [0.15, 0.2) is 52.9 Å². The molecule has 0 aliphatic carbocycles. The molecule has 4 aromatic rings. The molecular formula is C23H21Cl2N3OS2. The summed E-state index contributed by atoms with van der Waals surface area (Å²) in [6.07, 6.45) is 1.99. The van der Waals surface area contributed by atoms with Crippen molar-refractivity contribution >= 4 is 46.3 Å². The van der Waals surface area contributed by atoms with Gasteiger partial charge >= 0.3 is 0 Å². The summed E-state index contributed by atoms with van der Waals surface area (Å²) in [6, 6.07) is 13.5. The molecule has 2 aromatic carbocycles. The number of hydrogen-bond acceptors (Lipinski definition) is 5. The van der Waals surface area contributed by atoms with Gasteiger partial charge in [-0.15, -0.1) is 11.8 Å². The first-order chi connectivity index (χ1) is 14.9. The van der Waals surface area contributed by atoms with Gasteiger partial charge < -0.3 is 5.11 Å². The number of aryl methyl sites for hydroxylation is 1. The first-order valence-corrected chi connectivity index (χ1v) is 12.2. The predicted octanol–water partition coefficient (Wildman–Crippen LogP) is 7.27. The molecule has 8 heteroatoms. The Kier molecular flexibility index (Phi) is 6.74. The number of aliphatic hydroxyl groups is 1. The third-order valence-corrected chi connectivity index (χ3v) is 7.63. The zero-order chi connectivity index (χ0) is 22.1. The Morgan fingerprint density at radius 1 is 1.10 bits per heavy atom. The molecule has 160 valence electrons. The van der Waals surface area contributed by atoms with Gasteiger partial charge in [0.2, 0.25) is 5.13 Å². The van der Waals surface area contributed by atoms with Crippen molar-refractivity contribution in [2.24, 2.45) is 0 Å². The summed E-state index contributed by atoms with van der Waals surface area (Å²) >= 11 is 15.7. The van der Waals surface area contributed by atoms with Crippen LogP contribution in [0.2, 0.25) is 10.0 Å². The molecule has 0 fully saturated rings. The molecule has 0 radical (unpaired) electrons. The van der Waals surface area contributed by atoms with Gasteiger partial charge in [0, 0.05) is 22.6 Å². The average molecular weight is 490 g/mol. The van der Waals surface area contributed by atoms with E-state index >= 15 is 0 Å². The summed E-state index contributed by atoms with van der Waals surface area (Å²) < 4.78 is 2.94. The molecular weight excluding hydrogens is 469 g/mol. The second kappa shape index (κ2) is 9.35. The second-order valence-corrected chi connectivity index (χ2v) is 11.0. The van der Waals surface area contributed by atoms with Crippen molar-refractivity contribution in [3.8, 4) is 27.5 Å². The van der Waals surface area contributed by atoms with Crippen molar-refractivity contribution in [3.05, 3.63) is 70.0 Å². The van der Waals surface area contributed by atoms with Gasteiger partial charge in [0.15, 0.2) is 0 Å². The van der Waals surface area contributed by atoms with Gasteiger partial charge in [-0.3, -0.25) is 0 Å². The topological polar surface area (TPSA) is 50.9 Å². The monoisotopic (exact) mass is 489 g/mol. The third-order valence-electron chi connectivity index (χ3n) is 4.64. The molecule has 31 heavy (non-hydrogen) atoms. The number of aromatic nitrogens is 3. The van der Waals surface area contributed by atoms with Crippen LogP contribution in [-0.2, 0) is 6.61 Å². The van der Waals surface area contributed by atoms with Gasteiger partial charge in [0.05, 0.1) is 32.2 Å². The first kappa shape index (κ1) is 22.4. The number of thiazole rings is 1. The molecule has 0 aliphatic rings. The molecule has 0 bridgehead atoms. The molecule has 0 unspecified atom stereocenters. The maximum atomic E-state index is 9.46. The fourth-order valence-electron chi connectivity index (χ4n) is 3.19. The van der Waals surface area contributed by atoms with E-state index in [2.05, 4.69) is 13.8 Å². The van der Waals surface area contributed by atoms with Gasteiger partial charge in [0.1, 0.15) is 0 Å². The van der Waals surface area contributed by atoms with Crippen molar-refractivity contribution in [3.63, 3.8) is 0 Å². The molecule has 0 atom stereocenters. The van der Waals surface area contributed by atoms with E-state index < -0.39 is 0 Å². The van der Waals surface area contributed by atoms with Crippen LogP contribution >= 0.6 is 46.3 Å². The van der Waals surface area contributed by atoms with E-state index in [1.165, 1.54) is 0 Å². The van der Waals surface area contributed by atoms with E-state index in [0.717, 1.165) is 43.0 Å². The van der Waals surface area contributed by atoms with E-state index in [9.17, 15) is 5.11 Å². The molecule has 1 N–H and O–H groups in total. The smallest absolute Gasteiger partial charge is 0.211 e. The molecule has 0 aliphatic heterocycles. The van der Waals surface area contributed by atoms with E-state index in [1.54, 1.807) is 29.2 Å². The molecule has 4 rings (SSSR count). The van der Waals surface area contributed by atoms with Crippen molar-refractivity contribution < 1.29 is 5.11 Å². The Bertz CT molecular complexity index is 1230. The fraction of sp³-hybridized carbons (Fsp3) is 0.217. The Labute approximate surface area is 199 Å². The van der Waals surface area contributed by atoms with E-state index in [-0.39, 0.29) is 6.61 Å². The van der Waals surface area contributed by atoms with Crippen LogP contribution in [0.25, 0.3) is 27.5 Å². The lowest BCUT2D eigenvalue weighted by Gasteiger charge is -2.05. The highest BCUT2D eigenvalue weighted by molar-refractivity contribution is 8.01. The maximum Gasteiger partial charge on any atom is 0.211 e. The summed E-state index contributed by atoms with van der Waals surface area (Å²) in [5, 5.41) is 16.4. The highest BCUT2D eigenvalue weighted by Crippen LogP contribution is 2.41. The zero-order valence-electron chi connectivity index (χ0n) is 17.3. The molecule has 0 amide bonds. The quantitative estimate of drug-likeness (QED) is 0.289. The number of thioether (sulfide) groups is 1. The van der Waals surface area contributed by atoms with Gasteiger partial charge in [0.25, 0.3) is 0 Å². The number of benzene rings is 2. The Morgan fingerprint density at radius 3 is 2.61 bits per heavy atom. The number of halogens is 2. The summed E-state index contributed by atoms with van der Waals surface area (Å²) in [6.45, 7) is 6.31. The van der Waals surface area contributed by atoms with Crippen LogP contribution in [-0.4, -0.2) is 25.1 Å². The fourth-order valence-corrected chi connectivity index (χ4v) is 5.94. The number of aliphatic hydroxyl groups excluding tert-OH is 1. The largest absolute Gasteiger partial charge is 0.392 e. The Balaban J connectivity index is 1.78. The number of rotatable bonds is 6. The number of nitrogens with zero attached hydrogens (tertiary/aromatic N) is 3. The molecule has 4 nitrogen and oxygen atoms in total. The van der Waals surface area contributed by atoms with Crippen LogP contribution in [0.5, 0.6) is 0 Å². The van der Waals surface area contributed by atoms with Crippen molar-refractivity contribution in [2.45, 2.75) is 36.8 Å². The summed E-state index contributed by atoms with van der Waals surface area (Å²) in [5.41, 5.74) is 5.62. The van der Waals surface area contributed by atoms with E-state index in [4.69, 9.17) is 33.3 Å². The van der Waals surface area contributed by atoms with Crippen molar-refractivity contribution in [1.82, 2.24) is 14.8 Å². The van der Waals surface area contributed by atoms with Gasteiger partial charge in [-0.2, -0.15) is 5.10 Å². The Morgan fingerprint density at radius 2 is 1.90 bits per heavy atom. The minimum atomic E-state index is 0.0102. The molecule has 0 spiro atoms. The number of hydrogen-bond donors (Lipinski definition) is 1. The highest BCUT2D eigenvalue weighted by Gasteiger charge is 2.19. The molecule has 2 heterocycles. The van der Waals surface area contributed by atoms with Crippen LogP contribution in [0.4, 0.5) is 0 Å². The lowest BCUT2D eigenvalue weighted by Crippen LogP contribution is -1.94. The standard InChI is InChI=1S/C23H21Cl2N3OS2/c1-13(2)30-22-21(17-7-8-19(24)20(25)10-17)26-23(31-22)28-11-18(14(3)27-28)16-6-4-5-15(9-16)12-29/h4-11,13,29H,12H2,1-3H3. The van der Waals surface area contributed by atoms with Gasteiger partial charge in [-0.25, -0.2) is 9.67 Å². The van der Waals surface area contributed by atoms with Crippen LogP contribution in [0, 0.1) is 6.92 Å². The van der Waals surface area contributed by atoms with Crippen LogP contribution in [0.1, 0.15) is 25.1 Å². The summed E-state index contributed by atoms with van der Waals surface area (Å²) in [5.74, 6) is 0. The zero-order valence-corrected chi connectivity index (χ0v) is 20.4. The lowest BCUT2D eigenvalue weighted by molar-refractivity contribution is 0.282. The minimum absolute atomic E-state index is 0.0102. The highest BCUT2D eigenvalue weighted by atomic mass is 35.5. The van der Waals surface area contributed by atoms with Crippen LogP contribution in [0.3, 0.4) is 0 Å². The molecule has 0 saturated carbocycles. The lowest BCUT2D eigenvalue weighted by atomic mass is 10.0. The summed E-state index contributed by atoms with van der Waals surface area (Å²) in [7, 11) is 0. The van der Waals surface area contributed by atoms with E-state index in [1.807, 2.05) is 54.2 Å². The average Bonchev–Trinajstić information content (AvgIpc) is 3.33.